The molecule has 0 atom stereocenters. The van der Waals surface area contributed by atoms with Crippen molar-refractivity contribution in [2.75, 3.05) is 33.2 Å². The van der Waals surface area contributed by atoms with Crippen LogP contribution >= 0.6 is 0 Å². The van der Waals surface area contributed by atoms with E-state index in [9.17, 15) is 9.59 Å². The van der Waals surface area contributed by atoms with Crippen LogP contribution in [0.4, 0.5) is 9.59 Å². The first-order valence-corrected chi connectivity index (χ1v) is 9.62. The predicted molar refractivity (Wildman–Crippen MR) is 99.8 cm³/mol. The zero-order chi connectivity index (χ0) is 18.4. The maximum atomic E-state index is 12.7. The van der Waals surface area contributed by atoms with Gasteiger partial charge in [-0.25, -0.2) is 9.59 Å². The zero-order valence-corrected chi connectivity index (χ0v) is 15.6. The standard InChI is InChI=1S/C20H29N3O3/c1-21(18-10-6-3-7-11-18)19(24)22-12-14-23(15-13-22)20(25)26-16-17-8-4-2-5-9-17/h2,4-5,8-9,18H,3,6-7,10-16H2,1H3. The molecule has 2 aliphatic rings. The first-order valence-electron chi connectivity index (χ1n) is 9.62. The highest BCUT2D eigenvalue weighted by Gasteiger charge is 2.29. The second-order valence-corrected chi connectivity index (χ2v) is 7.20. The minimum Gasteiger partial charge on any atom is -0.445 e. The van der Waals surface area contributed by atoms with Crippen LogP contribution in [0.25, 0.3) is 0 Å². The van der Waals surface area contributed by atoms with Gasteiger partial charge in [-0.1, -0.05) is 49.6 Å². The summed E-state index contributed by atoms with van der Waals surface area (Å²) in [5.41, 5.74) is 0.976. The lowest BCUT2D eigenvalue weighted by Gasteiger charge is -2.39. The molecule has 6 nitrogen and oxygen atoms in total. The Labute approximate surface area is 155 Å². The van der Waals surface area contributed by atoms with E-state index in [1.54, 1.807) is 4.90 Å². The minimum atomic E-state index is -0.304. The Bertz CT molecular complexity index is 594. The van der Waals surface area contributed by atoms with Gasteiger partial charge in [-0.3, -0.25) is 0 Å². The van der Waals surface area contributed by atoms with E-state index in [-0.39, 0.29) is 18.7 Å². The molecular formula is C20H29N3O3. The van der Waals surface area contributed by atoms with Gasteiger partial charge in [0.05, 0.1) is 0 Å². The minimum absolute atomic E-state index is 0.0919. The van der Waals surface area contributed by atoms with Crippen molar-refractivity contribution in [2.24, 2.45) is 0 Å². The van der Waals surface area contributed by atoms with Crippen LogP contribution in [0.1, 0.15) is 37.7 Å². The van der Waals surface area contributed by atoms with Crippen molar-refractivity contribution in [3.8, 4) is 0 Å². The highest BCUT2D eigenvalue weighted by molar-refractivity contribution is 5.75. The van der Waals surface area contributed by atoms with E-state index >= 15 is 0 Å². The molecule has 6 heteroatoms. The highest BCUT2D eigenvalue weighted by Crippen LogP contribution is 2.22. The van der Waals surface area contributed by atoms with Crippen LogP contribution < -0.4 is 0 Å². The highest BCUT2D eigenvalue weighted by atomic mass is 16.6. The predicted octanol–water partition coefficient (Wildman–Crippen LogP) is 3.33. The molecule has 0 aromatic heterocycles. The molecule has 142 valence electrons. The Morgan fingerprint density at radius 1 is 1.00 bits per heavy atom. The summed E-state index contributed by atoms with van der Waals surface area (Å²) >= 11 is 0. The Kier molecular flexibility index (Phi) is 6.36. The second-order valence-electron chi connectivity index (χ2n) is 7.20. The fourth-order valence-electron chi connectivity index (χ4n) is 3.74. The molecule has 1 aromatic rings. The van der Waals surface area contributed by atoms with Gasteiger partial charge in [0.25, 0.3) is 0 Å². The monoisotopic (exact) mass is 359 g/mol. The van der Waals surface area contributed by atoms with E-state index < -0.39 is 0 Å². The van der Waals surface area contributed by atoms with Crippen LogP contribution in [0.2, 0.25) is 0 Å². The Hall–Kier alpha value is -2.24. The molecule has 0 bridgehead atoms. The van der Waals surface area contributed by atoms with Crippen LogP contribution in [0, 0.1) is 0 Å². The van der Waals surface area contributed by atoms with Crippen molar-refractivity contribution in [1.29, 1.82) is 0 Å². The number of ether oxygens (including phenoxy) is 1. The third-order valence-corrected chi connectivity index (χ3v) is 5.44. The van der Waals surface area contributed by atoms with Gasteiger partial charge >= 0.3 is 12.1 Å². The van der Waals surface area contributed by atoms with Crippen molar-refractivity contribution >= 4 is 12.1 Å². The van der Waals surface area contributed by atoms with Crippen LogP contribution in [0.15, 0.2) is 30.3 Å². The lowest BCUT2D eigenvalue weighted by Crippen LogP contribution is -2.55. The lowest BCUT2D eigenvalue weighted by atomic mass is 9.95. The average molecular weight is 359 g/mol. The Morgan fingerprint density at radius 3 is 2.27 bits per heavy atom. The Morgan fingerprint density at radius 2 is 1.62 bits per heavy atom. The zero-order valence-electron chi connectivity index (χ0n) is 15.6. The molecule has 1 saturated carbocycles. The van der Waals surface area contributed by atoms with Crippen LogP contribution in [0.5, 0.6) is 0 Å². The molecule has 0 N–H and O–H groups in total. The van der Waals surface area contributed by atoms with Crippen molar-refractivity contribution in [3.63, 3.8) is 0 Å². The van der Waals surface area contributed by atoms with Crippen LogP contribution in [-0.2, 0) is 11.3 Å². The van der Waals surface area contributed by atoms with Crippen LogP contribution in [0.3, 0.4) is 0 Å². The van der Waals surface area contributed by atoms with Gasteiger partial charge in [0.1, 0.15) is 6.61 Å². The first kappa shape index (κ1) is 18.5. The normalized spacial score (nSPS) is 18.5. The molecule has 0 spiro atoms. The molecule has 1 heterocycles. The summed E-state index contributed by atoms with van der Waals surface area (Å²) < 4.78 is 5.38. The van der Waals surface area contributed by atoms with Gasteiger partial charge in [-0.15, -0.1) is 0 Å². The molecule has 2 fully saturated rings. The SMILES string of the molecule is CN(C(=O)N1CCN(C(=O)OCc2ccccc2)CC1)C1CCCCC1. The molecule has 0 unspecified atom stereocenters. The van der Waals surface area contributed by atoms with Gasteiger partial charge in [0.2, 0.25) is 0 Å². The molecule has 0 radical (unpaired) electrons. The van der Waals surface area contributed by atoms with Gasteiger partial charge in [-0.2, -0.15) is 0 Å². The summed E-state index contributed by atoms with van der Waals surface area (Å²) in [5, 5.41) is 0. The van der Waals surface area contributed by atoms with E-state index in [2.05, 4.69) is 0 Å². The summed E-state index contributed by atoms with van der Waals surface area (Å²) in [6.45, 7) is 2.46. The molecule has 3 amide bonds. The van der Waals surface area contributed by atoms with Gasteiger partial charge in [0, 0.05) is 39.3 Å². The van der Waals surface area contributed by atoms with Gasteiger partial charge < -0.3 is 19.4 Å². The summed E-state index contributed by atoms with van der Waals surface area (Å²) in [6, 6.07) is 10.1. The van der Waals surface area contributed by atoms with E-state index in [1.807, 2.05) is 47.2 Å². The third kappa shape index (κ3) is 4.68. The molecule has 3 rings (SSSR count). The van der Waals surface area contributed by atoms with Crippen LogP contribution in [-0.4, -0.2) is 66.1 Å². The molecular weight excluding hydrogens is 330 g/mol. The number of urea groups is 1. The first-order chi connectivity index (χ1) is 12.6. The van der Waals surface area contributed by atoms with E-state index in [0.29, 0.717) is 32.2 Å². The van der Waals surface area contributed by atoms with Gasteiger partial charge in [0.15, 0.2) is 0 Å². The largest absolute Gasteiger partial charge is 0.445 e. The smallest absolute Gasteiger partial charge is 0.410 e. The molecule has 1 aliphatic carbocycles. The number of hydrogen-bond acceptors (Lipinski definition) is 3. The third-order valence-electron chi connectivity index (χ3n) is 5.44. The average Bonchev–Trinajstić information content (AvgIpc) is 2.72. The number of carbonyl (C=O) groups excluding carboxylic acids is 2. The van der Waals surface area contributed by atoms with E-state index in [1.165, 1.54) is 19.3 Å². The quantitative estimate of drug-likeness (QED) is 0.832. The van der Waals surface area contributed by atoms with Gasteiger partial charge in [-0.05, 0) is 18.4 Å². The topological polar surface area (TPSA) is 53.1 Å². The summed E-state index contributed by atoms with van der Waals surface area (Å²) in [7, 11) is 1.92. The van der Waals surface area contributed by atoms with Crippen molar-refractivity contribution in [1.82, 2.24) is 14.7 Å². The molecule has 1 saturated heterocycles. The van der Waals surface area contributed by atoms with Crippen molar-refractivity contribution in [3.05, 3.63) is 35.9 Å². The summed E-state index contributed by atoms with van der Waals surface area (Å²) in [6.07, 6.45) is 5.61. The number of nitrogens with zero attached hydrogens (tertiary/aromatic N) is 3. The number of piperazine rings is 1. The fourth-order valence-corrected chi connectivity index (χ4v) is 3.74. The second kappa shape index (κ2) is 8.92. The summed E-state index contributed by atoms with van der Waals surface area (Å²) in [5.74, 6) is 0. The lowest BCUT2D eigenvalue weighted by molar-refractivity contribution is 0.0691. The van der Waals surface area contributed by atoms with E-state index in [0.717, 1.165) is 18.4 Å². The van der Waals surface area contributed by atoms with Crippen molar-refractivity contribution in [2.45, 2.75) is 44.8 Å². The maximum absolute atomic E-state index is 12.7. The van der Waals surface area contributed by atoms with Crippen molar-refractivity contribution < 1.29 is 14.3 Å². The molecule has 1 aliphatic heterocycles. The number of amides is 3. The number of rotatable bonds is 3. The molecule has 26 heavy (non-hydrogen) atoms. The number of benzene rings is 1. The number of carbonyl (C=O) groups is 2. The maximum Gasteiger partial charge on any atom is 0.410 e. The molecule has 1 aromatic carbocycles. The van der Waals surface area contributed by atoms with E-state index in [4.69, 9.17) is 4.74 Å². The number of hydrogen-bond donors (Lipinski definition) is 0. The summed E-state index contributed by atoms with van der Waals surface area (Å²) in [4.78, 5) is 30.4. The Balaban J connectivity index is 1.43. The fraction of sp³-hybridized carbons (Fsp3) is 0.600.